The highest BCUT2D eigenvalue weighted by molar-refractivity contribution is 7.98. The summed E-state index contributed by atoms with van der Waals surface area (Å²) < 4.78 is 10.7. The second kappa shape index (κ2) is 12.1. The quantitative estimate of drug-likeness (QED) is 0.130. The van der Waals surface area contributed by atoms with Crippen LogP contribution in [0.3, 0.4) is 0 Å². The van der Waals surface area contributed by atoms with Crippen LogP contribution in [0.2, 0.25) is 10.0 Å². The average Bonchev–Trinajstić information content (AvgIpc) is 2.92. The number of H-pyrrole nitrogens is 1. The first-order chi connectivity index (χ1) is 17.9. The Labute approximate surface area is 228 Å². The van der Waals surface area contributed by atoms with Crippen molar-refractivity contribution in [3.63, 3.8) is 0 Å². The number of rotatable bonds is 9. The van der Waals surface area contributed by atoms with E-state index in [-0.39, 0.29) is 5.69 Å². The molecule has 0 saturated heterocycles. The molecule has 1 aromatic heterocycles. The maximum atomic E-state index is 12.7. The summed E-state index contributed by atoms with van der Waals surface area (Å²) in [5, 5.41) is 4.84. The van der Waals surface area contributed by atoms with Gasteiger partial charge in [-0.15, -0.1) is 0 Å². The van der Waals surface area contributed by atoms with Crippen molar-refractivity contribution >= 4 is 46.3 Å². The third-order valence-corrected chi connectivity index (χ3v) is 7.11. The van der Waals surface area contributed by atoms with E-state index in [2.05, 4.69) is 20.1 Å². The number of aromatic nitrogens is 2. The molecule has 4 rings (SSSR count). The minimum atomic E-state index is -0.491. The van der Waals surface area contributed by atoms with Gasteiger partial charge in [-0.3, -0.25) is 4.79 Å². The van der Waals surface area contributed by atoms with Crippen molar-refractivity contribution in [2.24, 2.45) is 0 Å². The van der Waals surface area contributed by atoms with Crippen molar-refractivity contribution < 1.29 is 9.47 Å². The van der Waals surface area contributed by atoms with Crippen LogP contribution in [-0.2, 0) is 12.3 Å². The molecule has 0 spiro atoms. The first kappa shape index (κ1) is 26.4. The van der Waals surface area contributed by atoms with E-state index in [1.807, 2.05) is 36.4 Å². The van der Waals surface area contributed by atoms with Gasteiger partial charge in [-0.1, -0.05) is 59.2 Å². The van der Waals surface area contributed by atoms with Crippen LogP contribution >= 0.6 is 35.0 Å². The molecule has 0 aliphatic rings. The van der Waals surface area contributed by atoms with E-state index in [9.17, 15) is 4.79 Å². The molecule has 0 aliphatic carbocycles. The van der Waals surface area contributed by atoms with Crippen LogP contribution in [0.5, 0.6) is 11.5 Å². The number of benzene rings is 3. The Bertz CT molecular complexity index is 1540. The fraction of sp³-hybridized carbons (Fsp3) is 0.148. The molecule has 10 heteroatoms. The highest BCUT2D eigenvalue weighted by Crippen LogP contribution is 2.35. The number of hydrogen-bond donors (Lipinski definition) is 2. The number of halogens is 2. The van der Waals surface area contributed by atoms with Crippen molar-refractivity contribution in [3.8, 4) is 22.8 Å². The number of hydrogen-bond acceptors (Lipinski definition) is 6. The van der Waals surface area contributed by atoms with Crippen LogP contribution in [0.1, 0.15) is 11.1 Å². The first-order valence-corrected chi connectivity index (χ1v) is 12.8. The predicted octanol–water partition coefficient (Wildman–Crippen LogP) is 7.22. The molecule has 4 aromatic rings. The van der Waals surface area contributed by atoms with Gasteiger partial charge in [0, 0.05) is 18.0 Å². The Kier molecular flexibility index (Phi) is 8.62. The van der Waals surface area contributed by atoms with Gasteiger partial charge in [0.15, 0.2) is 16.7 Å². The number of methoxy groups -OCH3 is 2. The summed E-state index contributed by atoms with van der Waals surface area (Å²) in [6.07, 6.45) is 0. The molecule has 7 nitrogen and oxygen atoms in total. The lowest BCUT2D eigenvalue weighted by Gasteiger charge is -2.11. The van der Waals surface area contributed by atoms with Crippen molar-refractivity contribution in [3.05, 3.63) is 104 Å². The van der Waals surface area contributed by atoms with Crippen molar-refractivity contribution in [1.82, 2.24) is 9.97 Å². The maximum absolute atomic E-state index is 12.7. The van der Waals surface area contributed by atoms with Gasteiger partial charge in [0.1, 0.15) is 0 Å². The van der Waals surface area contributed by atoms with Crippen molar-refractivity contribution in [1.29, 1.82) is 0 Å². The van der Waals surface area contributed by atoms with E-state index >= 15 is 0 Å². The Morgan fingerprint density at radius 2 is 1.81 bits per heavy atom. The van der Waals surface area contributed by atoms with E-state index in [1.165, 1.54) is 18.9 Å². The van der Waals surface area contributed by atoms with E-state index < -0.39 is 5.56 Å². The second-order valence-corrected chi connectivity index (χ2v) is 9.62. The van der Waals surface area contributed by atoms with Gasteiger partial charge in [-0.2, -0.15) is 0 Å². The van der Waals surface area contributed by atoms with Gasteiger partial charge in [0.05, 0.1) is 36.5 Å². The Hall–Kier alpha value is -3.64. The largest absolute Gasteiger partial charge is 0.493 e. The molecule has 0 saturated carbocycles. The number of ether oxygens (including phenoxy) is 2. The summed E-state index contributed by atoms with van der Waals surface area (Å²) >= 11 is 13.5. The molecule has 0 amide bonds. The molecular weight excluding hydrogens is 531 g/mol. The zero-order valence-electron chi connectivity index (χ0n) is 20.0. The number of nitrogens with one attached hydrogen (secondary N) is 2. The van der Waals surface area contributed by atoms with Gasteiger partial charge in [0.2, 0.25) is 0 Å². The van der Waals surface area contributed by atoms with Crippen LogP contribution < -0.4 is 20.3 Å². The number of aromatic amines is 1. The van der Waals surface area contributed by atoms with Crippen LogP contribution in [0.15, 0.2) is 70.6 Å². The average molecular weight is 553 g/mol. The highest BCUT2D eigenvalue weighted by atomic mass is 35.5. The standard InChI is InChI=1S/C27H22Cl2N4O3S/c1-30-25-24(18-8-10-22(35-2)23(13-18)36-3)32-27(33-26(25)34)37-15-17-5-4-6-19(11-17)31-14-16-7-9-20(28)21(29)12-16/h4-13,31H,14-15H2,2-3H3,(H,32,33,34). The van der Waals surface area contributed by atoms with Crippen molar-refractivity contribution in [2.75, 3.05) is 19.5 Å². The molecule has 0 bridgehead atoms. The third kappa shape index (κ3) is 6.38. The molecule has 0 atom stereocenters. The SMILES string of the molecule is [C-]#[N+]c1c(-c2ccc(OC)c(OC)c2)nc(SCc2cccc(NCc3ccc(Cl)c(Cl)c3)c2)[nH]c1=O. The van der Waals surface area contributed by atoms with Gasteiger partial charge in [0.25, 0.3) is 11.2 Å². The fourth-order valence-electron chi connectivity index (χ4n) is 3.58. The van der Waals surface area contributed by atoms with E-state index in [1.54, 1.807) is 31.4 Å². The predicted molar refractivity (Wildman–Crippen MR) is 149 cm³/mol. The van der Waals surface area contributed by atoms with Gasteiger partial charge in [-0.05, 0) is 53.1 Å². The minimum absolute atomic E-state index is 0.0786. The first-order valence-electron chi connectivity index (χ1n) is 11.1. The van der Waals surface area contributed by atoms with Crippen LogP contribution in [0, 0.1) is 6.57 Å². The molecule has 0 radical (unpaired) electrons. The Morgan fingerprint density at radius 3 is 2.54 bits per heavy atom. The Morgan fingerprint density at radius 1 is 1.00 bits per heavy atom. The van der Waals surface area contributed by atoms with E-state index in [4.69, 9.17) is 39.2 Å². The van der Waals surface area contributed by atoms with E-state index in [0.29, 0.717) is 50.3 Å². The molecule has 3 aromatic carbocycles. The lowest BCUT2D eigenvalue weighted by Crippen LogP contribution is -2.09. The third-order valence-electron chi connectivity index (χ3n) is 5.43. The van der Waals surface area contributed by atoms with Gasteiger partial charge < -0.3 is 19.8 Å². The monoisotopic (exact) mass is 552 g/mol. The molecule has 0 fully saturated rings. The molecular formula is C27H22Cl2N4O3S. The summed E-state index contributed by atoms with van der Waals surface area (Å²) in [6, 6.07) is 18.7. The molecule has 1 heterocycles. The van der Waals surface area contributed by atoms with Crippen molar-refractivity contribution in [2.45, 2.75) is 17.5 Å². The molecule has 0 unspecified atom stereocenters. The number of thioether (sulfide) groups is 1. The normalized spacial score (nSPS) is 10.6. The van der Waals surface area contributed by atoms with Gasteiger partial charge >= 0.3 is 0 Å². The summed E-state index contributed by atoms with van der Waals surface area (Å²) in [5.74, 6) is 1.59. The summed E-state index contributed by atoms with van der Waals surface area (Å²) in [4.78, 5) is 23.4. The summed E-state index contributed by atoms with van der Waals surface area (Å²) in [7, 11) is 3.07. The second-order valence-electron chi connectivity index (χ2n) is 7.84. The summed E-state index contributed by atoms with van der Waals surface area (Å²) in [5.41, 5.74) is 3.30. The molecule has 0 aliphatic heterocycles. The zero-order chi connectivity index (χ0) is 26.4. The van der Waals surface area contributed by atoms with Crippen LogP contribution in [0.25, 0.3) is 16.1 Å². The lowest BCUT2D eigenvalue weighted by molar-refractivity contribution is 0.355. The molecule has 37 heavy (non-hydrogen) atoms. The van der Waals surface area contributed by atoms with E-state index in [0.717, 1.165) is 16.8 Å². The highest BCUT2D eigenvalue weighted by Gasteiger charge is 2.16. The summed E-state index contributed by atoms with van der Waals surface area (Å²) in [6.45, 7) is 8.08. The Balaban J connectivity index is 1.51. The van der Waals surface area contributed by atoms with Crippen LogP contribution in [-0.4, -0.2) is 24.2 Å². The van der Waals surface area contributed by atoms with Crippen LogP contribution in [0.4, 0.5) is 11.4 Å². The minimum Gasteiger partial charge on any atom is -0.493 e. The smallest absolute Gasteiger partial charge is 0.276 e. The molecule has 2 N–H and O–H groups in total. The fourth-order valence-corrected chi connectivity index (χ4v) is 4.70. The number of anilines is 1. The maximum Gasteiger partial charge on any atom is 0.276 e. The topological polar surface area (TPSA) is 80.6 Å². The van der Waals surface area contributed by atoms with Gasteiger partial charge in [-0.25, -0.2) is 9.83 Å². The lowest BCUT2D eigenvalue weighted by atomic mass is 10.1. The zero-order valence-corrected chi connectivity index (χ0v) is 22.3. The number of nitrogens with zero attached hydrogens (tertiary/aromatic N) is 2. The molecule has 188 valence electrons.